The molecule has 5 nitrogen and oxygen atoms in total. The Morgan fingerprint density at radius 2 is 1.76 bits per heavy atom. The van der Waals surface area contributed by atoms with Crippen molar-refractivity contribution in [1.82, 2.24) is 19.7 Å². The molecule has 0 bridgehead atoms. The molecule has 0 saturated carbocycles. The predicted octanol–water partition coefficient (Wildman–Crippen LogP) is 6.22. The molecule has 1 fully saturated rings. The maximum absolute atomic E-state index is 13.0. The first-order valence-corrected chi connectivity index (χ1v) is 13.6. The molecule has 1 saturated heterocycles. The van der Waals surface area contributed by atoms with Crippen LogP contribution in [0.3, 0.4) is 0 Å². The predicted molar refractivity (Wildman–Crippen MR) is 140 cm³/mol. The van der Waals surface area contributed by atoms with E-state index in [9.17, 15) is 4.79 Å². The highest BCUT2D eigenvalue weighted by Crippen LogP contribution is 2.33. The number of thioether (sulfide) groups is 1. The summed E-state index contributed by atoms with van der Waals surface area (Å²) in [5, 5.41) is 12.2. The van der Waals surface area contributed by atoms with E-state index < -0.39 is 0 Å². The van der Waals surface area contributed by atoms with Gasteiger partial charge in [0.05, 0.1) is 21.3 Å². The topological polar surface area (TPSA) is 51.0 Å². The number of aromatic nitrogens is 3. The van der Waals surface area contributed by atoms with Gasteiger partial charge in [-0.15, -0.1) is 21.5 Å². The van der Waals surface area contributed by atoms with Gasteiger partial charge in [-0.1, -0.05) is 71.9 Å². The van der Waals surface area contributed by atoms with Gasteiger partial charge in [0, 0.05) is 13.1 Å². The van der Waals surface area contributed by atoms with Crippen LogP contribution in [0.2, 0.25) is 5.02 Å². The molecule has 2 aromatic carbocycles. The zero-order chi connectivity index (χ0) is 23.3. The van der Waals surface area contributed by atoms with E-state index in [0.29, 0.717) is 21.8 Å². The third-order valence-corrected chi connectivity index (χ3v) is 8.23. The number of halogens is 1. The summed E-state index contributed by atoms with van der Waals surface area (Å²) in [6.45, 7) is 1.63. The summed E-state index contributed by atoms with van der Waals surface area (Å²) in [7, 11) is 0. The van der Waals surface area contributed by atoms with Crippen LogP contribution in [0.25, 0.3) is 16.4 Å². The summed E-state index contributed by atoms with van der Waals surface area (Å²) in [5.41, 5.74) is 2.19. The van der Waals surface area contributed by atoms with Gasteiger partial charge >= 0.3 is 0 Å². The molecule has 1 aliphatic heterocycles. The Morgan fingerprint density at radius 3 is 2.50 bits per heavy atom. The molecule has 0 N–H and O–H groups in total. The molecular weight excluding hydrogens is 484 g/mol. The second kappa shape index (κ2) is 10.8. The standard InChI is InChI=1S/C26H25ClN4OS2/c27-21-9-4-5-10-22(21)31-25(23-11-6-16-33-23)28-29-26(31)34-18-24(32)30-14-12-20(13-15-30)17-19-7-2-1-3-8-19/h1-11,16,20H,12-15,17-18H2. The maximum Gasteiger partial charge on any atom is 0.233 e. The van der Waals surface area contributed by atoms with Crippen molar-refractivity contribution in [3.8, 4) is 16.4 Å². The normalized spacial score (nSPS) is 14.4. The second-order valence-electron chi connectivity index (χ2n) is 8.37. The zero-order valence-electron chi connectivity index (χ0n) is 18.6. The van der Waals surface area contributed by atoms with Gasteiger partial charge in [0.1, 0.15) is 0 Å². The number of rotatable bonds is 7. The molecule has 1 amide bonds. The first-order chi connectivity index (χ1) is 16.7. The van der Waals surface area contributed by atoms with Crippen LogP contribution in [0.5, 0.6) is 0 Å². The number of benzene rings is 2. The Labute approximate surface area is 212 Å². The van der Waals surface area contributed by atoms with Gasteiger partial charge in [-0.2, -0.15) is 0 Å². The summed E-state index contributed by atoms with van der Waals surface area (Å²) in [6.07, 6.45) is 3.18. The zero-order valence-corrected chi connectivity index (χ0v) is 21.0. The monoisotopic (exact) mass is 508 g/mol. The molecule has 3 heterocycles. The third-order valence-electron chi connectivity index (χ3n) is 6.13. The number of carbonyl (C=O) groups is 1. The number of hydrogen-bond donors (Lipinski definition) is 0. The van der Waals surface area contributed by atoms with Crippen molar-refractivity contribution in [1.29, 1.82) is 0 Å². The van der Waals surface area contributed by atoms with Gasteiger partial charge in [0.2, 0.25) is 5.91 Å². The number of para-hydroxylation sites is 1. The smallest absolute Gasteiger partial charge is 0.233 e. The van der Waals surface area contributed by atoms with Crippen molar-refractivity contribution in [2.45, 2.75) is 24.4 Å². The molecule has 0 radical (unpaired) electrons. The Bertz CT molecular complexity index is 1230. The van der Waals surface area contributed by atoms with Crippen LogP contribution in [0.4, 0.5) is 0 Å². The summed E-state index contributed by atoms with van der Waals surface area (Å²) in [5.74, 6) is 1.85. The van der Waals surface area contributed by atoms with Crippen LogP contribution in [0.1, 0.15) is 18.4 Å². The van der Waals surface area contributed by atoms with E-state index >= 15 is 0 Å². The molecular formula is C26H25ClN4OS2. The fourth-order valence-electron chi connectivity index (χ4n) is 4.33. The van der Waals surface area contributed by atoms with Gasteiger partial charge in [-0.3, -0.25) is 9.36 Å². The first-order valence-electron chi connectivity index (χ1n) is 11.4. The molecule has 0 atom stereocenters. The van der Waals surface area contributed by atoms with Gasteiger partial charge in [-0.05, 0) is 54.3 Å². The van der Waals surface area contributed by atoms with E-state index in [1.807, 2.05) is 51.2 Å². The summed E-state index contributed by atoms with van der Waals surface area (Å²) in [4.78, 5) is 16.0. The van der Waals surface area contributed by atoms with Crippen LogP contribution in [0, 0.1) is 5.92 Å². The minimum atomic E-state index is 0.148. The quantitative estimate of drug-likeness (QED) is 0.278. The van der Waals surface area contributed by atoms with Gasteiger partial charge in [0.15, 0.2) is 11.0 Å². The van der Waals surface area contributed by atoms with Crippen LogP contribution in [-0.2, 0) is 11.2 Å². The summed E-state index contributed by atoms with van der Waals surface area (Å²) in [6, 6.07) is 22.3. The van der Waals surface area contributed by atoms with Crippen molar-refractivity contribution in [3.05, 3.63) is 82.7 Å². The SMILES string of the molecule is O=C(CSc1nnc(-c2cccs2)n1-c1ccccc1Cl)N1CCC(Cc2ccccc2)CC1. The lowest BCUT2D eigenvalue weighted by Gasteiger charge is -2.32. The van der Waals surface area contributed by atoms with E-state index in [4.69, 9.17) is 11.6 Å². The Kier molecular flexibility index (Phi) is 7.33. The van der Waals surface area contributed by atoms with Crippen molar-refractivity contribution >= 4 is 40.6 Å². The molecule has 2 aromatic heterocycles. The number of thiophene rings is 1. The molecule has 0 spiro atoms. The van der Waals surface area contributed by atoms with Crippen LogP contribution in [0.15, 0.2) is 77.3 Å². The molecule has 5 rings (SSSR count). The molecule has 0 unspecified atom stereocenters. The lowest BCUT2D eigenvalue weighted by molar-refractivity contribution is -0.129. The molecule has 174 valence electrons. The molecule has 0 aliphatic carbocycles. The summed E-state index contributed by atoms with van der Waals surface area (Å²) < 4.78 is 1.96. The van der Waals surface area contributed by atoms with Gasteiger partial charge in [-0.25, -0.2) is 0 Å². The average Bonchev–Trinajstić information content (AvgIpc) is 3.54. The van der Waals surface area contributed by atoms with Gasteiger partial charge < -0.3 is 4.90 Å². The van der Waals surface area contributed by atoms with Crippen molar-refractivity contribution in [3.63, 3.8) is 0 Å². The highest BCUT2D eigenvalue weighted by Gasteiger charge is 2.25. The van der Waals surface area contributed by atoms with Crippen molar-refractivity contribution in [2.24, 2.45) is 5.92 Å². The number of amides is 1. The molecule has 1 aliphatic rings. The second-order valence-corrected chi connectivity index (χ2v) is 10.7. The number of carbonyl (C=O) groups excluding carboxylic acids is 1. The van der Waals surface area contributed by atoms with Gasteiger partial charge in [0.25, 0.3) is 0 Å². The van der Waals surface area contributed by atoms with E-state index in [1.165, 1.54) is 17.3 Å². The number of nitrogens with zero attached hydrogens (tertiary/aromatic N) is 4. The minimum absolute atomic E-state index is 0.148. The lowest BCUT2D eigenvalue weighted by Crippen LogP contribution is -2.39. The third kappa shape index (κ3) is 5.22. The lowest BCUT2D eigenvalue weighted by atomic mass is 9.90. The highest BCUT2D eigenvalue weighted by molar-refractivity contribution is 7.99. The number of piperidine rings is 1. The summed E-state index contributed by atoms with van der Waals surface area (Å²) >= 11 is 9.54. The van der Waals surface area contributed by atoms with E-state index in [0.717, 1.165) is 48.7 Å². The molecule has 34 heavy (non-hydrogen) atoms. The van der Waals surface area contributed by atoms with E-state index in [1.54, 1.807) is 11.3 Å². The molecule has 4 aromatic rings. The van der Waals surface area contributed by atoms with Crippen LogP contribution < -0.4 is 0 Å². The highest BCUT2D eigenvalue weighted by atomic mass is 35.5. The van der Waals surface area contributed by atoms with Crippen molar-refractivity contribution in [2.75, 3.05) is 18.8 Å². The Morgan fingerprint density at radius 1 is 1.00 bits per heavy atom. The maximum atomic E-state index is 13.0. The van der Waals surface area contributed by atoms with Crippen molar-refractivity contribution < 1.29 is 4.79 Å². The first kappa shape index (κ1) is 23.1. The molecule has 8 heteroatoms. The largest absolute Gasteiger partial charge is 0.342 e. The minimum Gasteiger partial charge on any atom is -0.342 e. The van der Waals surface area contributed by atoms with Crippen LogP contribution in [-0.4, -0.2) is 44.4 Å². The Balaban J connectivity index is 1.25. The fraction of sp³-hybridized carbons (Fsp3) is 0.269. The van der Waals surface area contributed by atoms with Crippen LogP contribution >= 0.6 is 34.7 Å². The Hall–Kier alpha value is -2.61. The van der Waals surface area contributed by atoms with E-state index in [2.05, 4.69) is 40.5 Å². The fourth-order valence-corrected chi connectivity index (χ4v) is 6.10. The van der Waals surface area contributed by atoms with E-state index in [-0.39, 0.29) is 5.91 Å². The number of hydrogen-bond acceptors (Lipinski definition) is 5. The number of likely N-dealkylation sites (tertiary alicyclic amines) is 1. The average molecular weight is 509 g/mol.